The first kappa shape index (κ1) is 58.4. The number of aromatic nitrogens is 1. The van der Waals surface area contributed by atoms with Crippen molar-refractivity contribution in [2.45, 2.75) is 77.0 Å². The minimum Gasteiger partial charge on any atom is -0.310 e. The molecule has 0 amide bonds. The largest absolute Gasteiger partial charge is 0.310 e. The van der Waals surface area contributed by atoms with Crippen molar-refractivity contribution in [3.63, 3.8) is 0 Å². The monoisotopic (exact) mass is 1170 g/mol. The predicted octanol–water partition coefficient (Wildman–Crippen LogP) is 24.6. The van der Waals surface area contributed by atoms with Crippen LogP contribution in [0, 0.1) is 5.92 Å². The molecule has 2 nitrogen and oxygen atoms in total. The highest BCUT2D eigenvalue weighted by molar-refractivity contribution is 6.11. The average molecular weight is 1180 g/mol. The smallest absolute Gasteiger partial charge is 0.0541 e. The van der Waals surface area contributed by atoms with Crippen LogP contribution < -0.4 is 4.90 Å². The Labute approximate surface area is 538 Å². The van der Waals surface area contributed by atoms with Crippen molar-refractivity contribution in [3.8, 4) is 61.3 Å². The van der Waals surface area contributed by atoms with Crippen molar-refractivity contribution in [1.29, 1.82) is 0 Å². The Hall–Kier alpha value is -10.3. The quantitative estimate of drug-likeness (QED) is 0.0733. The van der Waals surface area contributed by atoms with Crippen molar-refractivity contribution < 1.29 is 0 Å². The van der Waals surface area contributed by atoms with Crippen LogP contribution in [0.25, 0.3) is 95.3 Å². The van der Waals surface area contributed by atoms with E-state index in [0.29, 0.717) is 5.92 Å². The maximum atomic E-state index is 3.98. The lowest BCUT2D eigenvalue weighted by Gasteiger charge is -2.34. The summed E-state index contributed by atoms with van der Waals surface area (Å²) in [5, 5.41) is 2.46. The lowest BCUT2D eigenvalue weighted by molar-refractivity contribution is 0.423. The number of rotatable bonds is 19. The van der Waals surface area contributed by atoms with Crippen LogP contribution in [0.1, 0.15) is 98.7 Å². The van der Waals surface area contributed by atoms with Crippen molar-refractivity contribution in [1.82, 2.24) is 4.57 Å². The van der Waals surface area contributed by atoms with E-state index in [1.165, 1.54) is 130 Å². The Morgan fingerprint density at radius 1 is 0.429 bits per heavy atom. The molecular formula is C89H78N2. The third-order valence-corrected chi connectivity index (χ3v) is 19.5. The third kappa shape index (κ3) is 11.4. The molecule has 1 heterocycles. The SMILES string of the molecule is C=Cc1ccc(CC(CC)CCCCC2(c3ccccc3)c3ccccc3-c3ccc(N(c4ccc(-c5ccc(-c6ccc7c(c6)c6cc(-c8ccc(C=C)cc8)ccc6n7-c6ccccc6)cc5)cc4)c4ccc(-c5ccc(C(C)(C)C)cc5)cc4)cc32)cc1. The highest BCUT2D eigenvalue weighted by Crippen LogP contribution is 2.57. The molecule has 0 aliphatic heterocycles. The first-order chi connectivity index (χ1) is 44.6. The molecule has 2 atom stereocenters. The molecule has 0 radical (unpaired) electrons. The summed E-state index contributed by atoms with van der Waals surface area (Å²) in [4.78, 5) is 2.47. The maximum Gasteiger partial charge on any atom is 0.0541 e. The minimum absolute atomic E-state index is 0.0870. The second-order valence-electron chi connectivity index (χ2n) is 26.0. The highest BCUT2D eigenvalue weighted by atomic mass is 15.1. The zero-order valence-electron chi connectivity index (χ0n) is 52.9. The second kappa shape index (κ2) is 24.9. The van der Waals surface area contributed by atoms with Crippen LogP contribution in [-0.4, -0.2) is 4.57 Å². The van der Waals surface area contributed by atoms with Crippen LogP contribution in [0.5, 0.6) is 0 Å². The zero-order valence-corrected chi connectivity index (χ0v) is 52.9. The van der Waals surface area contributed by atoms with Gasteiger partial charge in [-0.2, -0.15) is 0 Å². The number of nitrogens with zero attached hydrogens (tertiary/aromatic N) is 2. The number of anilines is 3. The van der Waals surface area contributed by atoms with Gasteiger partial charge in [-0.15, -0.1) is 0 Å². The molecule has 1 aromatic heterocycles. The van der Waals surface area contributed by atoms with Gasteiger partial charge in [-0.25, -0.2) is 0 Å². The van der Waals surface area contributed by atoms with E-state index in [-0.39, 0.29) is 10.8 Å². The van der Waals surface area contributed by atoms with Crippen LogP contribution in [0.15, 0.2) is 298 Å². The minimum atomic E-state index is -0.328. The van der Waals surface area contributed by atoms with Gasteiger partial charge in [-0.05, 0) is 192 Å². The van der Waals surface area contributed by atoms with Gasteiger partial charge in [0, 0.05) is 38.9 Å². The topological polar surface area (TPSA) is 8.17 Å². The third-order valence-electron chi connectivity index (χ3n) is 19.5. The molecule has 1 aliphatic rings. The van der Waals surface area contributed by atoms with Gasteiger partial charge in [0.05, 0.1) is 11.0 Å². The molecule has 0 saturated carbocycles. The second-order valence-corrected chi connectivity index (χ2v) is 26.0. The van der Waals surface area contributed by atoms with Gasteiger partial charge in [0.25, 0.3) is 0 Å². The van der Waals surface area contributed by atoms with Gasteiger partial charge < -0.3 is 9.47 Å². The molecule has 2 unspecified atom stereocenters. The van der Waals surface area contributed by atoms with E-state index in [1.54, 1.807) is 0 Å². The predicted molar refractivity (Wildman–Crippen MR) is 390 cm³/mol. The van der Waals surface area contributed by atoms with Gasteiger partial charge in [0.15, 0.2) is 0 Å². The molecule has 0 fully saturated rings. The molecule has 444 valence electrons. The summed E-state index contributed by atoms with van der Waals surface area (Å²) in [5.41, 5.74) is 28.0. The van der Waals surface area contributed by atoms with E-state index >= 15 is 0 Å². The molecule has 0 N–H and O–H groups in total. The number of hydrogen-bond donors (Lipinski definition) is 0. The number of unbranched alkanes of at least 4 members (excludes halogenated alkanes) is 1. The van der Waals surface area contributed by atoms with E-state index in [4.69, 9.17) is 0 Å². The van der Waals surface area contributed by atoms with Crippen LogP contribution in [-0.2, 0) is 17.3 Å². The molecule has 0 bridgehead atoms. The average Bonchev–Trinajstić information content (AvgIpc) is 1.58. The van der Waals surface area contributed by atoms with E-state index in [9.17, 15) is 0 Å². The van der Waals surface area contributed by atoms with E-state index in [0.717, 1.165) is 47.6 Å². The highest BCUT2D eigenvalue weighted by Gasteiger charge is 2.44. The van der Waals surface area contributed by atoms with E-state index in [2.05, 4.69) is 335 Å². The Kier molecular flexibility index (Phi) is 16.0. The lowest BCUT2D eigenvalue weighted by Crippen LogP contribution is -2.27. The van der Waals surface area contributed by atoms with E-state index in [1.807, 2.05) is 12.2 Å². The Balaban J connectivity index is 0.807. The van der Waals surface area contributed by atoms with Gasteiger partial charge in [0.1, 0.15) is 0 Å². The van der Waals surface area contributed by atoms with Crippen LogP contribution in [0.4, 0.5) is 17.1 Å². The molecule has 1 aliphatic carbocycles. The Morgan fingerprint density at radius 3 is 1.42 bits per heavy atom. The maximum absolute atomic E-state index is 3.98. The van der Waals surface area contributed by atoms with Crippen molar-refractivity contribution in [3.05, 3.63) is 337 Å². The van der Waals surface area contributed by atoms with Crippen LogP contribution >= 0.6 is 0 Å². The summed E-state index contributed by atoms with van der Waals surface area (Å²) < 4.78 is 2.40. The summed E-state index contributed by atoms with van der Waals surface area (Å²) in [6.07, 6.45) is 10.6. The molecule has 0 spiro atoms. The molecule has 91 heavy (non-hydrogen) atoms. The first-order valence-electron chi connectivity index (χ1n) is 32.7. The van der Waals surface area contributed by atoms with Gasteiger partial charge in [0.2, 0.25) is 0 Å². The molecule has 12 aromatic carbocycles. The summed E-state index contributed by atoms with van der Waals surface area (Å²) >= 11 is 0. The number of para-hydroxylation sites is 1. The van der Waals surface area contributed by atoms with Crippen LogP contribution in [0.3, 0.4) is 0 Å². The number of hydrogen-bond acceptors (Lipinski definition) is 1. The summed E-state index contributed by atoms with van der Waals surface area (Å²) in [7, 11) is 0. The Bertz CT molecular complexity index is 4720. The first-order valence-corrected chi connectivity index (χ1v) is 32.7. The normalized spacial score (nSPS) is 13.8. The van der Waals surface area contributed by atoms with Gasteiger partial charge in [-0.1, -0.05) is 291 Å². The lowest BCUT2D eigenvalue weighted by atomic mass is 9.69. The van der Waals surface area contributed by atoms with Gasteiger partial charge in [-0.3, -0.25) is 0 Å². The zero-order chi connectivity index (χ0) is 62.1. The molecule has 13 aromatic rings. The summed E-state index contributed by atoms with van der Waals surface area (Å²) in [6.45, 7) is 17.1. The summed E-state index contributed by atoms with van der Waals surface area (Å²) in [6, 6.07) is 107. The van der Waals surface area contributed by atoms with Gasteiger partial charge >= 0.3 is 0 Å². The fraction of sp³-hybridized carbons (Fsp3) is 0.146. The summed E-state index contributed by atoms with van der Waals surface area (Å²) in [5.74, 6) is 0.634. The van der Waals surface area contributed by atoms with E-state index < -0.39 is 0 Å². The van der Waals surface area contributed by atoms with Crippen molar-refractivity contribution >= 4 is 51.0 Å². The molecular weight excluding hydrogens is 1100 g/mol. The Morgan fingerprint density at radius 2 is 0.879 bits per heavy atom. The van der Waals surface area contributed by atoms with Crippen molar-refractivity contribution in [2.24, 2.45) is 5.92 Å². The van der Waals surface area contributed by atoms with Crippen LogP contribution in [0.2, 0.25) is 0 Å². The standard InChI is InChI=1S/C89H78N2/c1-7-62-27-29-65(30-28-62)58-64(9-3)20-18-19-57-89(75-21-12-10-13-22-75)84-26-17-16-25-80(84)81-54-53-79(61-85(81)89)90(78-51-43-69(44-52-78)67-39-47-74(48-40-67)88(4,5)6)77-49-41-68(42-50-77)66-35-37-71(38-36-66)73-46-56-87-83(60-73)82-59-72(70-33-31-63(8-2)32-34-70)45-55-86(82)91(87)76-23-14-11-15-24-76/h7-8,10-17,21-56,59-61,64H,1-2,9,18-20,57-58H2,3-6H3. The molecule has 2 heteroatoms. The fourth-order valence-corrected chi connectivity index (χ4v) is 14.5. The number of benzene rings is 12. The molecule has 14 rings (SSSR count). The number of fused-ring (bicyclic) bond motifs is 6. The molecule has 0 saturated heterocycles. The fourth-order valence-electron chi connectivity index (χ4n) is 14.5. The van der Waals surface area contributed by atoms with Crippen molar-refractivity contribution in [2.75, 3.05) is 4.90 Å².